The molecule has 1 aromatic carbocycles. The first-order valence-corrected chi connectivity index (χ1v) is 23.0. The number of H-pyrrole nitrogens is 1. The van der Waals surface area contributed by atoms with Crippen LogP contribution in [0.4, 0.5) is 5.82 Å². The number of sulfonamides is 1. The van der Waals surface area contributed by atoms with E-state index < -0.39 is 33.9 Å². The summed E-state index contributed by atoms with van der Waals surface area (Å²) in [5, 5.41) is 2.77. The molecule has 59 heavy (non-hydrogen) atoms. The van der Waals surface area contributed by atoms with Crippen molar-refractivity contribution in [1.29, 1.82) is 0 Å². The fraction of sp³-hybridized carbons (Fsp3) is 0.578. The highest BCUT2D eigenvalue weighted by atomic mass is 32.2. The zero-order chi connectivity index (χ0) is 43.1. The number of benzene rings is 1. The molecule has 5 unspecified atom stereocenters. The summed E-state index contributed by atoms with van der Waals surface area (Å²) in [7, 11) is -3.75. The second-order valence-corrected chi connectivity index (χ2v) is 19.7. The highest BCUT2D eigenvalue weighted by Crippen LogP contribution is 2.43. The van der Waals surface area contributed by atoms with Crippen molar-refractivity contribution in [2.24, 2.45) is 40.5 Å². The summed E-state index contributed by atoms with van der Waals surface area (Å²) in [4.78, 5) is 65.9. The Labute approximate surface area is 348 Å². The van der Waals surface area contributed by atoms with Crippen LogP contribution in [0.5, 0.6) is 0 Å². The average molecular weight is 832 g/mol. The van der Waals surface area contributed by atoms with E-state index in [0.29, 0.717) is 64.9 Å². The molecule has 0 spiro atoms. The predicted octanol–water partition coefficient (Wildman–Crippen LogP) is 7.15. The smallest absolute Gasteiger partial charge is 0.342 e. The maximum Gasteiger partial charge on any atom is 0.342 e. The second kappa shape index (κ2) is 17.6. The zero-order valence-corrected chi connectivity index (χ0v) is 36.9. The highest BCUT2D eigenvalue weighted by Gasteiger charge is 2.42. The number of aromatic amines is 1. The molecule has 0 radical (unpaired) electrons. The number of rotatable bonds is 10. The molecule has 0 bridgehead atoms. The van der Waals surface area contributed by atoms with Crippen molar-refractivity contribution in [1.82, 2.24) is 14.6 Å². The molecular formula is C45H61N5O8S. The number of ether oxygens (including phenoxy) is 2. The molecule has 3 fully saturated rings. The fourth-order valence-electron chi connectivity index (χ4n) is 10.1. The number of anilines is 1. The van der Waals surface area contributed by atoms with E-state index >= 15 is 0 Å². The van der Waals surface area contributed by atoms with Gasteiger partial charge in [-0.15, -0.1) is 0 Å². The summed E-state index contributed by atoms with van der Waals surface area (Å²) in [6, 6.07) is 8.19. The molecule has 13 nitrogen and oxygen atoms in total. The molecule has 6 rings (SSSR count). The topological polar surface area (TPSA) is 176 Å². The van der Waals surface area contributed by atoms with Gasteiger partial charge in [-0.2, -0.15) is 0 Å². The number of amides is 2. The molecule has 1 aromatic heterocycles. The van der Waals surface area contributed by atoms with Gasteiger partial charge in [-0.25, -0.2) is 27.7 Å². The highest BCUT2D eigenvalue weighted by molar-refractivity contribution is 7.88. The van der Waals surface area contributed by atoms with E-state index in [-0.39, 0.29) is 64.6 Å². The molecule has 320 valence electrons. The van der Waals surface area contributed by atoms with Gasteiger partial charge in [-0.05, 0) is 105 Å². The Hall–Kier alpha value is -4.56. The standard InChI is InChI=1S/C45H61N5O8S/c1-23-19-25(3)39(26(4)20-23)57-44(53)34-29(7)37(46-41(34)48-43(52)31(9)49-59(10,55)56)36(32-15-12-11-13-16-32)38-30(8)35(42(47-38)50-18-14-17-33(50)51)45(54)58-40-27(5)21-24(2)22-28(40)6/h11-13,15-16,23-28,31,39-40,46,49H,14,17-22H2,1-10H3,(H,48,52). The van der Waals surface area contributed by atoms with Crippen molar-refractivity contribution in [3.8, 4) is 0 Å². The van der Waals surface area contributed by atoms with Gasteiger partial charge in [0, 0.05) is 18.5 Å². The zero-order valence-electron chi connectivity index (χ0n) is 36.1. The number of hydrogen-bond donors (Lipinski definition) is 3. The molecule has 5 atom stereocenters. The van der Waals surface area contributed by atoms with Gasteiger partial charge in [0.1, 0.15) is 29.2 Å². The van der Waals surface area contributed by atoms with Gasteiger partial charge < -0.3 is 19.8 Å². The van der Waals surface area contributed by atoms with Gasteiger partial charge >= 0.3 is 11.9 Å². The number of nitrogens with zero attached hydrogens (tertiary/aromatic N) is 2. The van der Waals surface area contributed by atoms with Crippen molar-refractivity contribution in [3.05, 3.63) is 69.6 Å². The summed E-state index contributed by atoms with van der Waals surface area (Å²) >= 11 is 0. The summed E-state index contributed by atoms with van der Waals surface area (Å²) in [5.74, 6) is -0.258. The van der Waals surface area contributed by atoms with Crippen LogP contribution in [0, 0.1) is 42.4 Å². The Bertz CT molecular complexity index is 2170. The molecule has 1 saturated heterocycles. The van der Waals surface area contributed by atoms with Gasteiger partial charge in [-0.3, -0.25) is 14.5 Å². The molecule has 2 aromatic rings. The molecule has 2 saturated carbocycles. The Morgan fingerprint density at radius 2 is 1.41 bits per heavy atom. The van der Waals surface area contributed by atoms with Gasteiger partial charge in [0.15, 0.2) is 5.84 Å². The lowest BCUT2D eigenvalue weighted by atomic mass is 9.75. The minimum Gasteiger partial charge on any atom is -0.458 e. The molecule has 14 heteroatoms. The number of allylic oxidation sites excluding steroid dienone is 1. The number of esters is 2. The monoisotopic (exact) mass is 831 g/mol. The van der Waals surface area contributed by atoms with Crippen LogP contribution in [-0.2, 0) is 33.9 Å². The molecule has 3 N–H and O–H groups in total. The maximum absolute atomic E-state index is 14.5. The number of nitrogens with one attached hydrogen (secondary N) is 3. The molecule has 2 aliphatic heterocycles. The Kier molecular flexibility index (Phi) is 13.1. The lowest BCUT2D eigenvalue weighted by Gasteiger charge is -2.37. The third-order valence-corrected chi connectivity index (χ3v) is 13.3. The van der Waals surface area contributed by atoms with Crippen LogP contribution in [0.25, 0.3) is 5.57 Å². The summed E-state index contributed by atoms with van der Waals surface area (Å²) in [5.41, 5.74) is 3.27. The number of likely N-dealkylation sites (tertiary alicyclic amines) is 1. The number of carbonyl (C=O) groups is 4. The van der Waals surface area contributed by atoms with Gasteiger partial charge in [0.25, 0.3) is 0 Å². The second-order valence-electron chi connectivity index (χ2n) is 18.0. The van der Waals surface area contributed by atoms with Crippen LogP contribution in [0.3, 0.4) is 0 Å². The van der Waals surface area contributed by atoms with Gasteiger partial charge in [-0.1, -0.05) is 71.9 Å². The van der Waals surface area contributed by atoms with Crippen LogP contribution >= 0.6 is 0 Å². The molecule has 4 aliphatic rings. The summed E-state index contributed by atoms with van der Waals surface area (Å²) in [6.45, 7) is 18.1. The van der Waals surface area contributed by atoms with Crippen LogP contribution in [-0.4, -0.2) is 78.9 Å². The van der Waals surface area contributed by atoms with Crippen molar-refractivity contribution in [2.75, 3.05) is 18.1 Å². The van der Waals surface area contributed by atoms with E-state index in [4.69, 9.17) is 14.5 Å². The quantitative estimate of drug-likeness (QED) is 0.212. The minimum atomic E-state index is -3.75. The molecule has 2 aliphatic carbocycles. The van der Waals surface area contributed by atoms with Crippen molar-refractivity contribution < 1.29 is 37.1 Å². The average Bonchev–Trinajstić information content (AvgIpc) is 3.81. The number of aliphatic imine (C=N–C) groups is 1. The SMILES string of the molecule is CC1=C(C(=O)OC2C(C)CC(C)CC2C)C(N2CCCC2=O)=NC1=C(c1ccccc1)c1[nH]c(NC(=O)C(C)NS(C)(=O)=O)c(C(=O)OC2C(C)CC(C)CC2C)c1C. The summed E-state index contributed by atoms with van der Waals surface area (Å²) in [6.07, 6.45) is 4.91. The first-order chi connectivity index (χ1) is 27.7. The van der Waals surface area contributed by atoms with E-state index in [2.05, 4.69) is 56.6 Å². The number of aromatic nitrogens is 1. The Morgan fingerprint density at radius 1 is 0.864 bits per heavy atom. The van der Waals surface area contributed by atoms with Crippen LogP contribution in [0.2, 0.25) is 0 Å². The number of hydrogen-bond acceptors (Lipinski definition) is 9. The molecular weight excluding hydrogens is 771 g/mol. The predicted molar refractivity (Wildman–Crippen MR) is 228 cm³/mol. The third-order valence-electron chi connectivity index (χ3n) is 12.6. The van der Waals surface area contributed by atoms with E-state index in [1.807, 2.05) is 30.3 Å². The lowest BCUT2D eigenvalue weighted by molar-refractivity contribution is -0.152. The fourth-order valence-corrected chi connectivity index (χ4v) is 10.9. The van der Waals surface area contributed by atoms with Crippen LogP contribution in [0.1, 0.15) is 121 Å². The largest absolute Gasteiger partial charge is 0.458 e. The minimum absolute atomic E-state index is 0.0286. The van der Waals surface area contributed by atoms with Gasteiger partial charge in [0.05, 0.1) is 23.7 Å². The Balaban J connectivity index is 1.53. The van der Waals surface area contributed by atoms with Crippen molar-refractivity contribution >= 4 is 51.0 Å². The van der Waals surface area contributed by atoms with E-state index in [9.17, 15) is 27.6 Å². The number of carbonyl (C=O) groups excluding carboxylic acids is 4. The van der Waals surface area contributed by atoms with E-state index in [0.717, 1.165) is 31.9 Å². The maximum atomic E-state index is 14.5. The first-order valence-electron chi connectivity index (χ1n) is 21.1. The van der Waals surface area contributed by atoms with Crippen molar-refractivity contribution in [2.45, 2.75) is 119 Å². The van der Waals surface area contributed by atoms with E-state index in [1.165, 1.54) is 6.92 Å². The number of amidine groups is 1. The molecule has 3 heterocycles. The van der Waals surface area contributed by atoms with Crippen LogP contribution < -0.4 is 10.0 Å². The first kappa shape index (κ1) is 44.0. The van der Waals surface area contributed by atoms with Crippen LogP contribution in [0.15, 0.2) is 52.2 Å². The van der Waals surface area contributed by atoms with Crippen molar-refractivity contribution in [3.63, 3.8) is 0 Å². The lowest BCUT2D eigenvalue weighted by Crippen LogP contribution is -2.41. The molecule has 2 amide bonds. The van der Waals surface area contributed by atoms with E-state index in [1.54, 1.807) is 18.7 Å². The normalized spacial score (nSPS) is 28.9. The Morgan fingerprint density at radius 3 is 1.92 bits per heavy atom. The van der Waals surface area contributed by atoms with Gasteiger partial charge in [0.2, 0.25) is 21.8 Å². The third kappa shape index (κ3) is 9.43. The summed E-state index contributed by atoms with van der Waals surface area (Å²) < 4.78 is 39.1.